The maximum absolute atomic E-state index is 8.59. The van der Waals surface area contributed by atoms with Crippen molar-refractivity contribution in [1.82, 2.24) is 4.98 Å². The second-order valence-electron chi connectivity index (χ2n) is 1.21. The first-order valence-electron chi connectivity index (χ1n) is 1.98. The summed E-state index contributed by atoms with van der Waals surface area (Å²) in [5.41, 5.74) is 0. The van der Waals surface area contributed by atoms with Gasteiger partial charge in [-0.3, -0.25) is 4.98 Å². The monoisotopic (exact) mass is 135 g/mol. The molecule has 0 bridgehead atoms. The fraction of sp³-hybridized carbons (Fsp3) is 0. The summed E-state index contributed by atoms with van der Waals surface area (Å²) in [5.74, 6) is 0.259. The summed E-state index contributed by atoms with van der Waals surface area (Å²) >= 11 is 0. The fourth-order valence-corrected chi connectivity index (χ4v) is 0.344. The van der Waals surface area contributed by atoms with Crippen LogP contribution in [0.2, 0.25) is 0 Å². The van der Waals surface area contributed by atoms with E-state index in [1.165, 1.54) is 24.5 Å². The zero-order valence-corrected chi connectivity index (χ0v) is 3.70. The summed E-state index contributed by atoms with van der Waals surface area (Å²) in [5, 5.41) is 8.59. The average Bonchev–Trinajstić information content (AvgIpc) is 1.69. The molecule has 0 saturated carbocycles. The van der Waals surface area contributed by atoms with Crippen LogP contribution in [0.5, 0.6) is 5.75 Å². The predicted molar refractivity (Wildman–Crippen MR) is 33.1 cm³/mol. The number of aromatic nitrogens is 1. The molecule has 0 spiro atoms. The fourth-order valence-electron chi connectivity index (χ4n) is 0.344. The second kappa shape index (κ2) is 4.46. The molecule has 0 saturated heterocycles. The summed E-state index contributed by atoms with van der Waals surface area (Å²) in [6.07, 6.45) is 3.07. The Morgan fingerprint density at radius 3 is 2.00 bits per heavy atom. The normalized spacial score (nSPS) is 7.50. The van der Waals surface area contributed by atoms with E-state index in [9.17, 15) is 0 Å². The molecule has 1 heterocycles. The van der Waals surface area contributed by atoms with Crippen molar-refractivity contribution >= 4 is 51.4 Å². The third kappa shape index (κ3) is 2.79. The van der Waals surface area contributed by atoms with E-state index in [4.69, 9.17) is 5.11 Å². The van der Waals surface area contributed by atoms with Gasteiger partial charge in [-0.05, 0) is 12.1 Å². The molecular weight excluding hydrogens is 129 g/mol. The minimum absolute atomic E-state index is 0. The number of hydrogen-bond acceptors (Lipinski definition) is 2. The number of hydrogen-bond donors (Lipinski definition) is 1. The Labute approximate surface area is 90.4 Å². The van der Waals surface area contributed by atoms with Gasteiger partial charge >= 0.3 is 51.4 Å². The van der Waals surface area contributed by atoms with Crippen LogP contribution in [0.25, 0.3) is 0 Å². The molecule has 0 aliphatic heterocycles. The van der Waals surface area contributed by atoms with Crippen molar-refractivity contribution in [3.8, 4) is 5.75 Å². The van der Waals surface area contributed by atoms with Crippen molar-refractivity contribution in [2.45, 2.75) is 0 Å². The first kappa shape index (κ1) is 8.59. The molecule has 0 aromatic carbocycles. The van der Waals surface area contributed by atoms with Crippen LogP contribution in [0, 0.1) is 0 Å². The molecule has 38 valence electrons. The Morgan fingerprint density at radius 1 is 1.25 bits per heavy atom. The zero-order chi connectivity index (χ0) is 5.11. The Kier molecular flexibility index (Phi) is 4.79. The van der Waals surface area contributed by atoms with Crippen molar-refractivity contribution in [3.05, 3.63) is 24.5 Å². The van der Waals surface area contributed by atoms with E-state index in [0.717, 1.165) is 0 Å². The van der Waals surface area contributed by atoms with Crippen molar-refractivity contribution in [1.29, 1.82) is 0 Å². The molecule has 0 aliphatic rings. The average molecular weight is 135 g/mol. The topological polar surface area (TPSA) is 33.1 Å². The van der Waals surface area contributed by atoms with Gasteiger partial charge in [0.05, 0.1) is 0 Å². The van der Waals surface area contributed by atoms with Crippen molar-refractivity contribution in [3.63, 3.8) is 0 Å². The van der Waals surface area contributed by atoms with Crippen LogP contribution >= 0.6 is 0 Å². The maximum atomic E-state index is 8.59. The standard InChI is InChI=1S/C5H5NO.K.H/c7-5-1-3-6-4-2-5;;/h1-4H,(H,6,7);;. The van der Waals surface area contributed by atoms with Gasteiger partial charge in [-0.1, -0.05) is 0 Å². The van der Waals surface area contributed by atoms with Crippen LogP contribution in [-0.2, 0) is 0 Å². The third-order valence-corrected chi connectivity index (χ3v) is 0.663. The van der Waals surface area contributed by atoms with E-state index in [2.05, 4.69) is 4.98 Å². The summed E-state index contributed by atoms with van der Waals surface area (Å²) in [6, 6.07) is 3.06. The zero-order valence-electron chi connectivity index (χ0n) is 3.70. The van der Waals surface area contributed by atoms with Crippen LogP contribution in [0.15, 0.2) is 24.5 Å². The summed E-state index contributed by atoms with van der Waals surface area (Å²) in [7, 11) is 0. The molecule has 0 fully saturated rings. The van der Waals surface area contributed by atoms with Gasteiger partial charge in [-0.25, -0.2) is 0 Å². The third-order valence-electron chi connectivity index (χ3n) is 0.663. The van der Waals surface area contributed by atoms with Gasteiger partial charge < -0.3 is 5.11 Å². The molecule has 8 heavy (non-hydrogen) atoms. The van der Waals surface area contributed by atoms with Crippen LogP contribution in [0.3, 0.4) is 0 Å². The molecule has 1 aromatic heterocycles. The van der Waals surface area contributed by atoms with Gasteiger partial charge in [-0.2, -0.15) is 0 Å². The molecular formula is C5H6KNO. The Morgan fingerprint density at radius 2 is 1.75 bits per heavy atom. The van der Waals surface area contributed by atoms with Gasteiger partial charge in [0.2, 0.25) is 0 Å². The van der Waals surface area contributed by atoms with E-state index >= 15 is 0 Å². The summed E-state index contributed by atoms with van der Waals surface area (Å²) in [4.78, 5) is 3.69. The van der Waals surface area contributed by atoms with Crippen molar-refractivity contribution in [2.24, 2.45) is 0 Å². The van der Waals surface area contributed by atoms with Crippen LogP contribution in [0.1, 0.15) is 0 Å². The summed E-state index contributed by atoms with van der Waals surface area (Å²) < 4.78 is 0. The van der Waals surface area contributed by atoms with Crippen LogP contribution in [0.4, 0.5) is 0 Å². The molecule has 3 heteroatoms. The minimum atomic E-state index is 0. The van der Waals surface area contributed by atoms with Crippen molar-refractivity contribution < 1.29 is 5.11 Å². The molecule has 1 rings (SSSR count). The number of rotatable bonds is 0. The van der Waals surface area contributed by atoms with E-state index in [0.29, 0.717) is 0 Å². The van der Waals surface area contributed by atoms with Gasteiger partial charge in [-0.15, -0.1) is 0 Å². The quantitative estimate of drug-likeness (QED) is 0.513. The van der Waals surface area contributed by atoms with Gasteiger partial charge in [0.1, 0.15) is 5.75 Å². The van der Waals surface area contributed by atoms with E-state index in [1.807, 2.05) is 0 Å². The molecule has 1 aromatic rings. The van der Waals surface area contributed by atoms with Gasteiger partial charge in [0, 0.05) is 12.4 Å². The predicted octanol–water partition coefficient (Wildman–Crippen LogP) is 0.139. The molecule has 0 unspecified atom stereocenters. The van der Waals surface area contributed by atoms with E-state index in [1.54, 1.807) is 0 Å². The summed E-state index contributed by atoms with van der Waals surface area (Å²) in [6.45, 7) is 0. The molecule has 0 amide bonds. The molecule has 2 nitrogen and oxygen atoms in total. The molecule has 0 aliphatic carbocycles. The van der Waals surface area contributed by atoms with E-state index < -0.39 is 0 Å². The van der Waals surface area contributed by atoms with Crippen molar-refractivity contribution in [2.75, 3.05) is 0 Å². The Bertz CT molecular complexity index is 142. The SMILES string of the molecule is Oc1ccncc1.[KH]. The molecule has 0 atom stereocenters. The Balaban J connectivity index is 0.000000490. The van der Waals surface area contributed by atoms with Gasteiger partial charge in [0.15, 0.2) is 0 Å². The van der Waals surface area contributed by atoms with Crippen LogP contribution < -0.4 is 0 Å². The Hall–Kier alpha value is 0.586. The van der Waals surface area contributed by atoms with E-state index in [-0.39, 0.29) is 57.1 Å². The molecule has 1 N–H and O–H groups in total. The first-order valence-corrected chi connectivity index (χ1v) is 1.98. The number of pyridine rings is 1. The second-order valence-corrected chi connectivity index (χ2v) is 1.21. The number of aromatic hydroxyl groups is 1. The van der Waals surface area contributed by atoms with Crippen LogP contribution in [-0.4, -0.2) is 61.5 Å². The number of nitrogens with zero attached hydrogens (tertiary/aromatic N) is 1. The molecule has 0 radical (unpaired) electrons. The first-order chi connectivity index (χ1) is 3.39. The van der Waals surface area contributed by atoms with Gasteiger partial charge in [0.25, 0.3) is 0 Å².